The van der Waals surface area contributed by atoms with Gasteiger partial charge in [-0.2, -0.15) is 0 Å². The van der Waals surface area contributed by atoms with Crippen LogP contribution < -0.4 is 4.74 Å². The summed E-state index contributed by atoms with van der Waals surface area (Å²) in [6.07, 6.45) is 0. The summed E-state index contributed by atoms with van der Waals surface area (Å²) in [5.41, 5.74) is 0.888. The van der Waals surface area contributed by atoms with Gasteiger partial charge in [0.2, 0.25) is 0 Å². The SMILES string of the molecule is COc1ccc(-c2cc(O)cc(Cl)c2)c(F)c1. The number of hydrogen-bond donors (Lipinski definition) is 1. The van der Waals surface area contributed by atoms with Crippen LogP contribution >= 0.6 is 11.6 Å². The number of phenols is 1. The zero-order chi connectivity index (χ0) is 12.4. The third-order valence-electron chi connectivity index (χ3n) is 2.37. The van der Waals surface area contributed by atoms with E-state index >= 15 is 0 Å². The summed E-state index contributed by atoms with van der Waals surface area (Å²) in [4.78, 5) is 0. The van der Waals surface area contributed by atoms with Crippen LogP contribution in [0.15, 0.2) is 36.4 Å². The van der Waals surface area contributed by atoms with Gasteiger partial charge in [0.25, 0.3) is 0 Å². The number of ether oxygens (including phenoxy) is 1. The molecule has 4 heteroatoms. The van der Waals surface area contributed by atoms with Gasteiger partial charge in [0.1, 0.15) is 17.3 Å². The van der Waals surface area contributed by atoms with Gasteiger partial charge in [-0.15, -0.1) is 0 Å². The van der Waals surface area contributed by atoms with E-state index in [1.807, 2.05) is 0 Å². The lowest BCUT2D eigenvalue weighted by molar-refractivity contribution is 0.411. The third-order valence-corrected chi connectivity index (χ3v) is 2.59. The van der Waals surface area contributed by atoms with Gasteiger partial charge in [-0.3, -0.25) is 0 Å². The molecule has 1 N–H and O–H groups in total. The molecule has 2 rings (SSSR count). The topological polar surface area (TPSA) is 29.5 Å². The smallest absolute Gasteiger partial charge is 0.134 e. The maximum Gasteiger partial charge on any atom is 0.134 e. The Morgan fingerprint density at radius 3 is 2.53 bits per heavy atom. The van der Waals surface area contributed by atoms with Crippen LogP contribution in [-0.2, 0) is 0 Å². The second-order valence-corrected chi connectivity index (χ2v) is 3.98. The Morgan fingerprint density at radius 1 is 1.18 bits per heavy atom. The van der Waals surface area contributed by atoms with Crippen LogP contribution in [-0.4, -0.2) is 12.2 Å². The van der Waals surface area contributed by atoms with Crippen molar-refractivity contribution in [1.29, 1.82) is 0 Å². The first-order valence-electron chi connectivity index (χ1n) is 4.93. The molecule has 0 atom stereocenters. The van der Waals surface area contributed by atoms with E-state index in [1.165, 1.54) is 25.3 Å². The van der Waals surface area contributed by atoms with Crippen LogP contribution in [0.2, 0.25) is 5.02 Å². The number of phenolic OH excluding ortho intramolecular Hbond substituents is 1. The first kappa shape index (κ1) is 11.7. The first-order chi connectivity index (χ1) is 8.10. The number of aromatic hydroxyl groups is 1. The summed E-state index contributed by atoms with van der Waals surface area (Å²) in [6.45, 7) is 0. The van der Waals surface area contributed by atoms with Gasteiger partial charge in [-0.05, 0) is 35.9 Å². The molecular weight excluding hydrogens is 243 g/mol. The fourth-order valence-corrected chi connectivity index (χ4v) is 1.82. The molecule has 0 aromatic heterocycles. The molecule has 0 heterocycles. The highest BCUT2D eigenvalue weighted by atomic mass is 35.5. The maximum absolute atomic E-state index is 13.8. The van der Waals surface area contributed by atoms with Gasteiger partial charge in [0, 0.05) is 16.7 Å². The summed E-state index contributed by atoms with van der Waals surface area (Å²) in [5, 5.41) is 9.77. The molecule has 0 radical (unpaired) electrons. The van der Waals surface area contributed by atoms with E-state index in [-0.39, 0.29) is 5.75 Å². The lowest BCUT2D eigenvalue weighted by atomic mass is 10.0. The maximum atomic E-state index is 13.8. The molecule has 2 aromatic rings. The molecule has 0 saturated carbocycles. The second kappa shape index (κ2) is 4.63. The van der Waals surface area contributed by atoms with Gasteiger partial charge in [0.05, 0.1) is 7.11 Å². The molecule has 0 fully saturated rings. The number of rotatable bonds is 2. The molecular formula is C13H10ClFO2. The minimum Gasteiger partial charge on any atom is -0.508 e. The summed E-state index contributed by atoms with van der Waals surface area (Å²) in [5.74, 6) is 0.0197. The van der Waals surface area contributed by atoms with Crippen LogP contribution in [0.4, 0.5) is 4.39 Å². The van der Waals surface area contributed by atoms with E-state index in [4.69, 9.17) is 16.3 Å². The zero-order valence-electron chi connectivity index (χ0n) is 9.08. The highest BCUT2D eigenvalue weighted by Gasteiger charge is 2.08. The molecule has 0 aliphatic rings. The number of benzene rings is 2. The second-order valence-electron chi connectivity index (χ2n) is 3.54. The lowest BCUT2D eigenvalue weighted by Crippen LogP contribution is -1.88. The number of methoxy groups -OCH3 is 1. The monoisotopic (exact) mass is 252 g/mol. The number of hydrogen-bond acceptors (Lipinski definition) is 2. The molecule has 2 nitrogen and oxygen atoms in total. The minimum atomic E-state index is -0.425. The predicted octanol–water partition coefficient (Wildman–Crippen LogP) is 3.86. The Hall–Kier alpha value is -1.74. The van der Waals surface area contributed by atoms with E-state index in [0.717, 1.165) is 0 Å². The molecule has 2 aromatic carbocycles. The van der Waals surface area contributed by atoms with Crippen LogP contribution in [0.1, 0.15) is 0 Å². The molecule has 0 spiro atoms. The Balaban J connectivity index is 2.52. The van der Waals surface area contributed by atoms with E-state index < -0.39 is 5.82 Å². The van der Waals surface area contributed by atoms with E-state index in [2.05, 4.69) is 0 Å². The van der Waals surface area contributed by atoms with E-state index in [1.54, 1.807) is 18.2 Å². The molecule has 17 heavy (non-hydrogen) atoms. The van der Waals surface area contributed by atoms with Crippen LogP contribution in [0.5, 0.6) is 11.5 Å². The van der Waals surface area contributed by atoms with Gasteiger partial charge in [-0.25, -0.2) is 4.39 Å². The first-order valence-corrected chi connectivity index (χ1v) is 5.31. The predicted molar refractivity (Wildman–Crippen MR) is 65.1 cm³/mol. The van der Waals surface area contributed by atoms with Crippen molar-refractivity contribution in [2.45, 2.75) is 0 Å². The van der Waals surface area contributed by atoms with Crippen molar-refractivity contribution < 1.29 is 14.2 Å². The van der Waals surface area contributed by atoms with Gasteiger partial charge in [-0.1, -0.05) is 11.6 Å². The van der Waals surface area contributed by atoms with Gasteiger partial charge < -0.3 is 9.84 Å². The Labute approximate surface area is 103 Å². The van der Waals surface area contributed by atoms with Crippen molar-refractivity contribution >= 4 is 11.6 Å². The van der Waals surface area contributed by atoms with Crippen molar-refractivity contribution in [3.8, 4) is 22.6 Å². The summed E-state index contributed by atoms with van der Waals surface area (Å²) in [7, 11) is 1.47. The standard InChI is InChI=1S/C13H10ClFO2/c1-17-11-2-3-12(13(15)7-11)8-4-9(14)6-10(16)5-8/h2-7,16H,1H3. The highest BCUT2D eigenvalue weighted by molar-refractivity contribution is 6.31. The molecule has 0 bridgehead atoms. The van der Waals surface area contributed by atoms with E-state index in [9.17, 15) is 9.50 Å². The van der Waals surface area contributed by atoms with Crippen LogP contribution in [0, 0.1) is 5.82 Å². The zero-order valence-corrected chi connectivity index (χ0v) is 9.83. The fourth-order valence-electron chi connectivity index (χ4n) is 1.59. The van der Waals surface area contributed by atoms with Gasteiger partial charge in [0.15, 0.2) is 0 Å². The van der Waals surface area contributed by atoms with Crippen molar-refractivity contribution in [3.63, 3.8) is 0 Å². The third kappa shape index (κ3) is 2.50. The average molecular weight is 253 g/mol. The largest absolute Gasteiger partial charge is 0.508 e. The molecule has 88 valence electrons. The minimum absolute atomic E-state index is 0.00252. The van der Waals surface area contributed by atoms with Crippen molar-refractivity contribution in [2.75, 3.05) is 7.11 Å². The fraction of sp³-hybridized carbons (Fsp3) is 0.0769. The molecule has 0 aliphatic carbocycles. The molecule has 0 unspecified atom stereocenters. The van der Waals surface area contributed by atoms with Crippen LogP contribution in [0.25, 0.3) is 11.1 Å². The lowest BCUT2D eigenvalue weighted by Gasteiger charge is -2.07. The van der Waals surface area contributed by atoms with Crippen molar-refractivity contribution in [1.82, 2.24) is 0 Å². The average Bonchev–Trinajstić information content (AvgIpc) is 2.27. The Morgan fingerprint density at radius 2 is 1.94 bits per heavy atom. The highest BCUT2D eigenvalue weighted by Crippen LogP contribution is 2.31. The van der Waals surface area contributed by atoms with E-state index in [0.29, 0.717) is 21.9 Å². The molecule has 0 saturated heterocycles. The molecule has 0 aliphatic heterocycles. The van der Waals surface area contributed by atoms with Gasteiger partial charge >= 0.3 is 0 Å². The molecule has 0 amide bonds. The van der Waals surface area contributed by atoms with Crippen LogP contribution in [0.3, 0.4) is 0 Å². The van der Waals surface area contributed by atoms with Crippen molar-refractivity contribution in [3.05, 3.63) is 47.2 Å². The van der Waals surface area contributed by atoms with Crippen molar-refractivity contribution in [2.24, 2.45) is 0 Å². The summed E-state index contributed by atoms with van der Waals surface area (Å²) in [6, 6.07) is 8.96. The summed E-state index contributed by atoms with van der Waals surface area (Å²) >= 11 is 5.80. The quantitative estimate of drug-likeness (QED) is 0.879. The Kier molecular flexibility index (Phi) is 3.20. The Bertz CT molecular complexity index is 535. The summed E-state index contributed by atoms with van der Waals surface area (Å²) < 4.78 is 18.7. The normalized spacial score (nSPS) is 10.3. The number of halogens is 2.